The summed E-state index contributed by atoms with van der Waals surface area (Å²) in [5.74, 6) is -0.718. The van der Waals surface area contributed by atoms with Gasteiger partial charge in [0.1, 0.15) is 5.54 Å². The molecule has 4 heteroatoms. The molecule has 4 nitrogen and oxygen atoms in total. The van der Waals surface area contributed by atoms with Crippen LogP contribution in [0, 0.1) is 0 Å². The first-order chi connectivity index (χ1) is 9.06. The minimum atomic E-state index is -0.762. The Bertz CT molecular complexity index is 319. The van der Waals surface area contributed by atoms with Crippen molar-refractivity contribution in [1.82, 2.24) is 5.32 Å². The van der Waals surface area contributed by atoms with Crippen LogP contribution >= 0.6 is 0 Å². The van der Waals surface area contributed by atoms with E-state index < -0.39 is 11.5 Å². The Kier molecular flexibility index (Phi) is 4.51. The molecule has 0 aromatic carbocycles. The summed E-state index contributed by atoms with van der Waals surface area (Å²) in [6.45, 7) is 4.67. The molecule has 1 spiro atoms. The zero-order valence-electron chi connectivity index (χ0n) is 12.2. The van der Waals surface area contributed by atoms with Crippen LogP contribution in [0.4, 0.5) is 0 Å². The van der Waals surface area contributed by atoms with E-state index in [-0.39, 0.29) is 11.6 Å². The van der Waals surface area contributed by atoms with Gasteiger partial charge in [-0.3, -0.25) is 10.1 Å². The predicted molar refractivity (Wildman–Crippen MR) is 74.3 cm³/mol. The van der Waals surface area contributed by atoms with E-state index in [0.29, 0.717) is 12.8 Å². The van der Waals surface area contributed by atoms with E-state index in [0.717, 1.165) is 32.3 Å². The molecule has 1 unspecified atom stereocenters. The highest BCUT2D eigenvalue weighted by Gasteiger charge is 2.43. The lowest BCUT2D eigenvalue weighted by Crippen LogP contribution is -2.58. The first-order valence-electron chi connectivity index (χ1n) is 7.71. The van der Waals surface area contributed by atoms with Gasteiger partial charge < -0.3 is 9.84 Å². The number of carboxylic acids is 1. The SMILES string of the molecule is CCC(CC)(NC1CCOC2(CCCC2)C1)C(=O)O. The van der Waals surface area contributed by atoms with Crippen LogP contribution in [0.15, 0.2) is 0 Å². The molecule has 0 radical (unpaired) electrons. The van der Waals surface area contributed by atoms with Crippen LogP contribution in [-0.2, 0) is 9.53 Å². The normalized spacial score (nSPS) is 26.7. The minimum Gasteiger partial charge on any atom is -0.480 e. The van der Waals surface area contributed by atoms with Gasteiger partial charge in [-0.25, -0.2) is 0 Å². The highest BCUT2D eigenvalue weighted by Crippen LogP contribution is 2.40. The molecule has 0 amide bonds. The molecular formula is C15H27NO3. The number of carbonyl (C=O) groups is 1. The number of aliphatic carboxylic acids is 1. The Balaban J connectivity index is 2.03. The third-order valence-corrected chi connectivity index (χ3v) is 5.10. The standard InChI is InChI=1S/C15H27NO3/c1-3-15(4-2,13(17)18)16-12-7-10-19-14(11-12)8-5-6-9-14/h12,16H,3-11H2,1-2H3,(H,17,18). The maximum atomic E-state index is 11.6. The number of ether oxygens (including phenoxy) is 1. The van der Waals surface area contributed by atoms with Crippen LogP contribution in [0.2, 0.25) is 0 Å². The van der Waals surface area contributed by atoms with Crippen LogP contribution in [0.1, 0.15) is 65.2 Å². The molecule has 0 bridgehead atoms. The number of rotatable bonds is 5. The Labute approximate surface area is 115 Å². The van der Waals surface area contributed by atoms with Gasteiger partial charge in [0.25, 0.3) is 0 Å². The molecule has 1 aliphatic heterocycles. The van der Waals surface area contributed by atoms with Gasteiger partial charge in [-0.15, -0.1) is 0 Å². The lowest BCUT2D eigenvalue weighted by molar-refractivity contribution is -0.147. The van der Waals surface area contributed by atoms with Gasteiger partial charge >= 0.3 is 5.97 Å². The van der Waals surface area contributed by atoms with E-state index in [4.69, 9.17) is 4.74 Å². The average molecular weight is 269 g/mol. The summed E-state index contributed by atoms with van der Waals surface area (Å²) in [5.41, 5.74) is -0.719. The molecule has 19 heavy (non-hydrogen) atoms. The number of nitrogens with one attached hydrogen (secondary N) is 1. The second kappa shape index (κ2) is 5.80. The van der Waals surface area contributed by atoms with E-state index in [1.807, 2.05) is 13.8 Å². The molecule has 1 aliphatic carbocycles. The molecule has 1 heterocycles. The Morgan fingerprint density at radius 2 is 2.00 bits per heavy atom. The fourth-order valence-electron chi connectivity index (χ4n) is 3.73. The van der Waals surface area contributed by atoms with Crippen molar-refractivity contribution in [3.63, 3.8) is 0 Å². The lowest BCUT2D eigenvalue weighted by Gasteiger charge is -2.42. The summed E-state index contributed by atoms with van der Waals surface area (Å²) in [7, 11) is 0. The van der Waals surface area contributed by atoms with Gasteiger partial charge in [-0.05, 0) is 38.5 Å². The second-order valence-electron chi connectivity index (χ2n) is 6.17. The maximum absolute atomic E-state index is 11.6. The van der Waals surface area contributed by atoms with Crippen molar-refractivity contribution in [2.75, 3.05) is 6.61 Å². The lowest BCUT2D eigenvalue weighted by atomic mass is 9.85. The molecule has 110 valence electrons. The maximum Gasteiger partial charge on any atom is 0.323 e. The van der Waals surface area contributed by atoms with Crippen LogP contribution in [0.5, 0.6) is 0 Å². The van der Waals surface area contributed by atoms with Crippen LogP contribution < -0.4 is 5.32 Å². The molecule has 2 fully saturated rings. The van der Waals surface area contributed by atoms with Crippen molar-refractivity contribution < 1.29 is 14.6 Å². The third-order valence-electron chi connectivity index (χ3n) is 5.10. The van der Waals surface area contributed by atoms with Crippen molar-refractivity contribution in [1.29, 1.82) is 0 Å². The molecule has 2 rings (SSSR count). The van der Waals surface area contributed by atoms with Crippen LogP contribution in [-0.4, -0.2) is 34.9 Å². The molecule has 2 N–H and O–H groups in total. The monoisotopic (exact) mass is 269 g/mol. The van der Waals surface area contributed by atoms with E-state index >= 15 is 0 Å². The molecule has 1 saturated heterocycles. The molecule has 1 saturated carbocycles. The van der Waals surface area contributed by atoms with Gasteiger partial charge in [-0.1, -0.05) is 26.7 Å². The van der Waals surface area contributed by atoms with E-state index in [1.54, 1.807) is 0 Å². The van der Waals surface area contributed by atoms with Crippen molar-refractivity contribution >= 4 is 5.97 Å². The highest BCUT2D eigenvalue weighted by molar-refractivity contribution is 5.78. The van der Waals surface area contributed by atoms with Crippen molar-refractivity contribution in [2.24, 2.45) is 0 Å². The molecule has 0 aromatic rings. The molecular weight excluding hydrogens is 242 g/mol. The van der Waals surface area contributed by atoms with Gasteiger partial charge in [0.15, 0.2) is 0 Å². The summed E-state index contributed by atoms with van der Waals surface area (Å²) >= 11 is 0. The van der Waals surface area contributed by atoms with Gasteiger partial charge in [0.2, 0.25) is 0 Å². The summed E-state index contributed by atoms with van der Waals surface area (Å²) in [6.07, 6.45) is 7.94. The van der Waals surface area contributed by atoms with Gasteiger partial charge in [-0.2, -0.15) is 0 Å². The highest BCUT2D eigenvalue weighted by atomic mass is 16.5. The first kappa shape index (κ1) is 14.8. The van der Waals surface area contributed by atoms with Crippen LogP contribution in [0.25, 0.3) is 0 Å². The number of hydrogen-bond donors (Lipinski definition) is 2. The van der Waals surface area contributed by atoms with Gasteiger partial charge in [0.05, 0.1) is 5.60 Å². The van der Waals surface area contributed by atoms with Crippen molar-refractivity contribution in [2.45, 2.75) is 82.4 Å². The largest absolute Gasteiger partial charge is 0.480 e. The van der Waals surface area contributed by atoms with E-state index in [9.17, 15) is 9.90 Å². The van der Waals surface area contributed by atoms with E-state index in [2.05, 4.69) is 5.32 Å². The second-order valence-corrected chi connectivity index (χ2v) is 6.17. The molecule has 2 aliphatic rings. The molecule has 1 atom stereocenters. The summed E-state index contributed by atoms with van der Waals surface area (Å²) in [4.78, 5) is 11.6. The van der Waals surface area contributed by atoms with Crippen molar-refractivity contribution in [3.05, 3.63) is 0 Å². The van der Waals surface area contributed by atoms with Crippen molar-refractivity contribution in [3.8, 4) is 0 Å². The Morgan fingerprint density at radius 1 is 1.37 bits per heavy atom. The number of hydrogen-bond acceptors (Lipinski definition) is 3. The van der Waals surface area contributed by atoms with E-state index in [1.165, 1.54) is 12.8 Å². The summed E-state index contributed by atoms with van der Waals surface area (Å²) in [6, 6.07) is 0.280. The quantitative estimate of drug-likeness (QED) is 0.805. The fourth-order valence-corrected chi connectivity index (χ4v) is 3.73. The topological polar surface area (TPSA) is 58.6 Å². The minimum absolute atomic E-state index is 0.0433. The smallest absolute Gasteiger partial charge is 0.323 e. The summed E-state index contributed by atoms with van der Waals surface area (Å²) in [5, 5.41) is 13.0. The average Bonchev–Trinajstić information content (AvgIpc) is 2.84. The molecule has 0 aromatic heterocycles. The Hall–Kier alpha value is -0.610. The summed E-state index contributed by atoms with van der Waals surface area (Å²) < 4.78 is 6.01. The zero-order chi connectivity index (χ0) is 13.9. The predicted octanol–water partition coefficient (Wildman–Crippen LogP) is 2.71. The fraction of sp³-hybridized carbons (Fsp3) is 0.933. The zero-order valence-corrected chi connectivity index (χ0v) is 12.2. The number of carboxylic acid groups (broad SMARTS) is 1. The van der Waals surface area contributed by atoms with Gasteiger partial charge in [0, 0.05) is 12.6 Å². The van der Waals surface area contributed by atoms with Crippen LogP contribution in [0.3, 0.4) is 0 Å². The Morgan fingerprint density at radius 3 is 2.53 bits per heavy atom. The first-order valence-corrected chi connectivity index (χ1v) is 7.71. The third kappa shape index (κ3) is 2.95.